The third-order valence-corrected chi connectivity index (χ3v) is 1.87. The average molecular weight is 195 g/mol. The maximum absolute atomic E-state index is 5.43. The number of hydrazine groups is 1. The molecule has 4 heteroatoms. The van der Waals surface area contributed by atoms with Crippen LogP contribution < -0.4 is 21.3 Å². The number of ether oxygens (including phenoxy) is 1. The quantitative estimate of drug-likeness (QED) is 0.376. The van der Waals surface area contributed by atoms with E-state index in [1.54, 1.807) is 0 Å². The van der Waals surface area contributed by atoms with Crippen LogP contribution in [0.1, 0.15) is 12.5 Å². The molecule has 1 aromatic rings. The molecule has 0 amide bonds. The van der Waals surface area contributed by atoms with Gasteiger partial charge in [-0.3, -0.25) is 5.84 Å². The fourth-order valence-electron chi connectivity index (χ4n) is 1.23. The van der Waals surface area contributed by atoms with Gasteiger partial charge in [0, 0.05) is 5.69 Å². The highest BCUT2D eigenvalue weighted by Crippen LogP contribution is 2.21. The van der Waals surface area contributed by atoms with Crippen LogP contribution in [0.25, 0.3) is 0 Å². The minimum atomic E-state index is 0.549. The fraction of sp³-hybridized carbons (Fsp3) is 0.400. The van der Waals surface area contributed by atoms with Crippen LogP contribution in [0.4, 0.5) is 5.69 Å². The molecule has 1 rings (SSSR count). The maximum Gasteiger partial charge on any atom is 0.122 e. The van der Waals surface area contributed by atoms with Crippen molar-refractivity contribution in [1.82, 2.24) is 5.43 Å². The molecular formula is C10H17N3O. The normalized spacial score (nSPS) is 9.93. The van der Waals surface area contributed by atoms with Gasteiger partial charge in [-0.1, -0.05) is 0 Å². The highest BCUT2D eigenvalue weighted by atomic mass is 16.5. The van der Waals surface area contributed by atoms with Gasteiger partial charge in [0.2, 0.25) is 0 Å². The molecule has 0 aliphatic heterocycles. The summed E-state index contributed by atoms with van der Waals surface area (Å²) < 4.78 is 5.43. The molecule has 0 saturated carbocycles. The third kappa shape index (κ3) is 2.90. The van der Waals surface area contributed by atoms with E-state index in [-0.39, 0.29) is 0 Å². The summed E-state index contributed by atoms with van der Waals surface area (Å²) in [5.74, 6) is 6.08. The lowest BCUT2D eigenvalue weighted by Gasteiger charge is -2.10. The first-order chi connectivity index (χ1) is 6.77. The smallest absolute Gasteiger partial charge is 0.122 e. The summed E-state index contributed by atoms with van der Waals surface area (Å²) >= 11 is 0. The molecule has 0 heterocycles. The zero-order valence-corrected chi connectivity index (χ0v) is 8.63. The highest BCUT2D eigenvalue weighted by molar-refractivity contribution is 5.50. The zero-order chi connectivity index (χ0) is 10.4. The van der Waals surface area contributed by atoms with Crippen molar-refractivity contribution < 1.29 is 4.74 Å². The van der Waals surface area contributed by atoms with E-state index in [1.165, 1.54) is 0 Å². The summed E-state index contributed by atoms with van der Waals surface area (Å²) in [6.45, 7) is 5.24. The lowest BCUT2D eigenvalue weighted by Crippen LogP contribution is -2.28. The van der Waals surface area contributed by atoms with Crippen LogP contribution in [0.15, 0.2) is 18.2 Å². The number of nitrogens with one attached hydrogen (secondary N) is 2. The van der Waals surface area contributed by atoms with E-state index in [2.05, 4.69) is 10.7 Å². The van der Waals surface area contributed by atoms with Crippen LogP contribution in [0.3, 0.4) is 0 Å². The predicted octanol–water partition coefficient (Wildman–Crippen LogP) is 1.23. The minimum Gasteiger partial charge on any atom is -0.494 e. The Labute approximate surface area is 84.4 Å². The SMILES string of the molecule is CCOc1ccc(NCNN)cc1C. The number of benzene rings is 1. The molecule has 0 bridgehead atoms. The third-order valence-electron chi connectivity index (χ3n) is 1.87. The first-order valence-electron chi connectivity index (χ1n) is 4.68. The molecule has 14 heavy (non-hydrogen) atoms. The second kappa shape index (κ2) is 5.47. The Balaban J connectivity index is 2.68. The van der Waals surface area contributed by atoms with Gasteiger partial charge >= 0.3 is 0 Å². The van der Waals surface area contributed by atoms with Crippen molar-refractivity contribution >= 4 is 5.69 Å². The Morgan fingerprint density at radius 3 is 2.79 bits per heavy atom. The molecule has 0 unspecified atom stereocenters. The van der Waals surface area contributed by atoms with Crippen LogP contribution >= 0.6 is 0 Å². The van der Waals surface area contributed by atoms with Crippen LogP contribution in [0.2, 0.25) is 0 Å². The average Bonchev–Trinajstić information content (AvgIpc) is 2.19. The van der Waals surface area contributed by atoms with Crippen molar-refractivity contribution in [2.24, 2.45) is 5.84 Å². The van der Waals surface area contributed by atoms with Crippen molar-refractivity contribution in [3.63, 3.8) is 0 Å². The standard InChI is InChI=1S/C10H17N3O/c1-3-14-10-5-4-9(6-8(10)2)12-7-13-11/h4-6,12-13H,3,7,11H2,1-2H3. The van der Waals surface area contributed by atoms with Gasteiger partial charge in [-0.25, -0.2) is 5.43 Å². The number of anilines is 1. The van der Waals surface area contributed by atoms with Crippen molar-refractivity contribution in [3.8, 4) is 5.75 Å². The first kappa shape index (κ1) is 10.8. The van der Waals surface area contributed by atoms with Gasteiger partial charge in [0.15, 0.2) is 0 Å². The summed E-state index contributed by atoms with van der Waals surface area (Å²) in [6, 6.07) is 5.95. The van der Waals surface area contributed by atoms with Gasteiger partial charge in [0.1, 0.15) is 5.75 Å². The van der Waals surface area contributed by atoms with E-state index < -0.39 is 0 Å². The van der Waals surface area contributed by atoms with E-state index in [4.69, 9.17) is 10.6 Å². The van der Waals surface area contributed by atoms with E-state index in [0.717, 1.165) is 17.0 Å². The van der Waals surface area contributed by atoms with E-state index in [9.17, 15) is 0 Å². The molecule has 0 saturated heterocycles. The Bertz CT molecular complexity index is 289. The molecule has 0 aliphatic rings. The van der Waals surface area contributed by atoms with Crippen LogP contribution in [-0.2, 0) is 0 Å². The molecule has 4 nitrogen and oxygen atoms in total. The molecular weight excluding hydrogens is 178 g/mol. The molecule has 0 fully saturated rings. The number of nitrogens with two attached hydrogens (primary N) is 1. The predicted molar refractivity (Wildman–Crippen MR) is 58.2 cm³/mol. The molecule has 0 atom stereocenters. The lowest BCUT2D eigenvalue weighted by atomic mass is 10.2. The molecule has 0 radical (unpaired) electrons. The number of rotatable bonds is 5. The fourth-order valence-corrected chi connectivity index (χ4v) is 1.23. The largest absolute Gasteiger partial charge is 0.494 e. The molecule has 0 spiro atoms. The second-order valence-electron chi connectivity index (χ2n) is 2.97. The van der Waals surface area contributed by atoms with Gasteiger partial charge in [0.25, 0.3) is 0 Å². The van der Waals surface area contributed by atoms with Crippen molar-refractivity contribution in [1.29, 1.82) is 0 Å². The Hall–Kier alpha value is -1.26. The Morgan fingerprint density at radius 1 is 1.43 bits per heavy atom. The van der Waals surface area contributed by atoms with Crippen LogP contribution in [-0.4, -0.2) is 13.3 Å². The van der Waals surface area contributed by atoms with E-state index in [1.807, 2.05) is 32.0 Å². The summed E-state index contributed by atoms with van der Waals surface area (Å²) in [6.07, 6.45) is 0. The first-order valence-corrected chi connectivity index (χ1v) is 4.68. The summed E-state index contributed by atoms with van der Waals surface area (Å²) in [5, 5.41) is 3.11. The Kier molecular flexibility index (Phi) is 4.22. The van der Waals surface area contributed by atoms with Gasteiger partial charge in [-0.15, -0.1) is 0 Å². The minimum absolute atomic E-state index is 0.549. The van der Waals surface area contributed by atoms with Crippen molar-refractivity contribution in [3.05, 3.63) is 23.8 Å². The monoisotopic (exact) mass is 195 g/mol. The van der Waals surface area contributed by atoms with E-state index >= 15 is 0 Å². The van der Waals surface area contributed by atoms with Crippen LogP contribution in [0, 0.1) is 6.92 Å². The van der Waals surface area contributed by atoms with Crippen molar-refractivity contribution in [2.45, 2.75) is 13.8 Å². The van der Waals surface area contributed by atoms with Gasteiger partial charge in [-0.05, 0) is 37.6 Å². The molecule has 4 N–H and O–H groups in total. The maximum atomic E-state index is 5.43. The number of hydrogen-bond acceptors (Lipinski definition) is 4. The molecule has 1 aromatic carbocycles. The zero-order valence-electron chi connectivity index (χ0n) is 8.63. The summed E-state index contributed by atoms with van der Waals surface area (Å²) in [4.78, 5) is 0. The molecule has 0 aliphatic carbocycles. The topological polar surface area (TPSA) is 59.3 Å². The van der Waals surface area contributed by atoms with Crippen LogP contribution in [0.5, 0.6) is 5.75 Å². The van der Waals surface area contributed by atoms with Gasteiger partial charge in [-0.2, -0.15) is 0 Å². The second-order valence-corrected chi connectivity index (χ2v) is 2.97. The Morgan fingerprint density at radius 2 is 2.21 bits per heavy atom. The number of hydrogen-bond donors (Lipinski definition) is 3. The lowest BCUT2D eigenvalue weighted by molar-refractivity contribution is 0.338. The summed E-state index contributed by atoms with van der Waals surface area (Å²) in [5.41, 5.74) is 4.68. The number of aryl methyl sites for hydroxylation is 1. The molecule has 0 aromatic heterocycles. The summed E-state index contributed by atoms with van der Waals surface area (Å²) in [7, 11) is 0. The molecule has 78 valence electrons. The highest BCUT2D eigenvalue weighted by Gasteiger charge is 1.99. The van der Waals surface area contributed by atoms with Crippen molar-refractivity contribution in [2.75, 3.05) is 18.6 Å². The van der Waals surface area contributed by atoms with Gasteiger partial charge in [0.05, 0.1) is 13.3 Å². The van der Waals surface area contributed by atoms with E-state index in [0.29, 0.717) is 13.3 Å². The van der Waals surface area contributed by atoms with Gasteiger partial charge < -0.3 is 10.1 Å².